The van der Waals surface area contributed by atoms with E-state index < -0.39 is 15.9 Å². The molecule has 0 radical (unpaired) electrons. The van der Waals surface area contributed by atoms with Crippen molar-refractivity contribution in [1.82, 2.24) is 0 Å². The molecule has 2 aromatic carbocycles. The molecule has 0 aromatic heterocycles. The Morgan fingerprint density at radius 1 is 0.962 bits per heavy atom. The van der Waals surface area contributed by atoms with Crippen molar-refractivity contribution in [3.63, 3.8) is 0 Å². The lowest BCUT2D eigenvalue weighted by molar-refractivity contribution is 0.102. The van der Waals surface area contributed by atoms with Gasteiger partial charge in [-0.05, 0) is 18.2 Å². The molecule has 2 N–H and O–H groups in total. The second-order valence-corrected chi connectivity index (χ2v) is 7.77. The summed E-state index contributed by atoms with van der Waals surface area (Å²) in [5.74, 6) is 0.250. The first kappa shape index (κ1) is 20.2. The molecule has 0 heterocycles. The monoisotopic (exact) mass is 418 g/mol. The Morgan fingerprint density at radius 3 is 2.15 bits per heavy atom. The number of methoxy groups -OCH3 is 2. The van der Waals surface area contributed by atoms with Crippen LogP contribution in [-0.2, 0) is 10.0 Å². The van der Waals surface area contributed by atoms with Crippen molar-refractivity contribution >= 4 is 50.5 Å². The fraction of sp³-hybridized carbons (Fsp3) is 0.188. The predicted octanol–water partition coefficient (Wildman–Crippen LogP) is 3.63. The van der Waals surface area contributed by atoms with E-state index in [2.05, 4.69) is 10.0 Å². The van der Waals surface area contributed by atoms with E-state index in [4.69, 9.17) is 32.7 Å². The molecule has 0 unspecified atom stereocenters. The second kappa shape index (κ2) is 8.03. The number of carbonyl (C=O) groups is 1. The van der Waals surface area contributed by atoms with Gasteiger partial charge in [0.05, 0.1) is 41.9 Å². The van der Waals surface area contributed by atoms with Gasteiger partial charge in [0.1, 0.15) is 11.5 Å². The molecule has 1 amide bonds. The third-order valence-corrected chi connectivity index (χ3v) is 4.45. The highest BCUT2D eigenvalue weighted by Gasteiger charge is 2.15. The highest BCUT2D eigenvalue weighted by atomic mass is 35.5. The van der Waals surface area contributed by atoms with Gasteiger partial charge >= 0.3 is 0 Å². The Kier molecular flexibility index (Phi) is 6.22. The maximum atomic E-state index is 12.5. The summed E-state index contributed by atoms with van der Waals surface area (Å²) in [6.07, 6.45) is 1.00. The van der Waals surface area contributed by atoms with Crippen molar-refractivity contribution < 1.29 is 22.7 Å². The highest BCUT2D eigenvalue weighted by molar-refractivity contribution is 7.92. The fourth-order valence-electron chi connectivity index (χ4n) is 2.09. The van der Waals surface area contributed by atoms with Crippen molar-refractivity contribution in [3.8, 4) is 11.5 Å². The van der Waals surface area contributed by atoms with Gasteiger partial charge in [0.2, 0.25) is 10.0 Å². The quantitative estimate of drug-likeness (QED) is 0.746. The standard InChI is InChI=1S/C16H16Cl2N2O5S/c1-24-14-8-13(15(25-2)7-11(14)18)19-16(21)9-4-5-12(10(17)6-9)20-26(3,22)23/h4-8,20H,1-3H3,(H,19,21). The predicted molar refractivity (Wildman–Crippen MR) is 102 cm³/mol. The van der Waals surface area contributed by atoms with Gasteiger partial charge in [0, 0.05) is 17.7 Å². The van der Waals surface area contributed by atoms with Crippen LogP contribution < -0.4 is 19.5 Å². The van der Waals surface area contributed by atoms with Gasteiger partial charge in [-0.2, -0.15) is 0 Å². The summed E-state index contributed by atoms with van der Waals surface area (Å²) < 4.78 is 35.2. The van der Waals surface area contributed by atoms with Crippen LogP contribution in [0.3, 0.4) is 0 Å². The first-order valence-electron chi connectivity index (χ1n) is 7.15. The lowest BCUT2D eigenvalue weighted by Crippen LogP contribution is -2.14. The number of ether oxygens (including phenoxy) is 2. The van der Waals surface area contributed by atoms with E-state index in [0.717, 1.165) is 6.26 Å². The number of sulfonamides is 1. The molecule has 0 atom stereocenters. The van der Waals surface area contributed by atoms with Gasteiger partial charge < -0.3 is 14.8 Å². The molecule has 2 aromatic rings. The number of hydrogen-bond donors (Lipinski definition) is 2. The maximum absolute atomic E-state index is 12.5. The molecule has 0 aliphatic heterocycles. The van der Waals surface area contributed by atoms with Crippen LogP contribution in [0.1, 0.15) is 10.4 Å². The molecule has 0 fully saturated rings. The lowest BCUT2D eigenvalue weighted by atomic mass is 10.2. The van der Waals surface area contributed by atoms with Gasteiger partial charge in [0.25, 0.3) is 5.91 Å². The van der Waals surface area contributed by atoms with Crippen LogP contribution in [0.2, 0.25) is 10.0 Å². The van der Waals surface area contributed by atoms with Gasteiger partial charge in [-0.25, -0.2) is 8.42 Å². The Balaban J connectivity index is 2.29. The number of anilines is 2. The van der Waals surface area contributed by atoms with Crippen LogP contribution in [0.15, 0.2) is 30.3 Å². The molecule has 2 rings (SSSR count). The Hall–Kier alpha value is -2.16. The second-order valence-electron chi connectivity index (χ2n) is 5.21. The molecule has 10 heteroatoms. The molecule has 0 saturated carbocycles. The molecule has 0 saturated heterocycles. The molecule has 26 heavy (non-hydrogen) atoms. The SMILES string of the molecule is COc1cc(NC(=O)c2ccc(NS(C)(=O)=O)c(Cl)c2)c(OC)cc1Cl. The number of halogens is 2. The van der Waals surface area contributed by atoms with Crippen LogP contribution in [-0.4, -0.2) is 34.8 Å². The number of benzene rings is 2. The summed E-state index contributed by atoms with van der Waals surface area (Å²) in [5.41, 5.74) is 0.759. The average Bonchev–Trinajstić information content (AvgIpc) is 2.56. The summed E-state index contributed by atoms with van der Waals surface area (Å²) in [5, 5.41) is 3.10. The summed E-state index contributed by atoms with van der Waals surface area (Å²) in [6, 6.07) is 7.23. The molecule has 0 aliphatic carbocycles. The Bertz CT molecular complexity index is 948. The lowest BCUT2D eigenvalue weighted by Gasteiger charge is -2.14. The minimum atomic E-state index is -3.48. The number of hydrogen-bond acceptors (Lipinski definition) is 5. The molecule has 0 spiro atoms. The van der Waals surface area contributed by atoms with E-state index in [1.54, 1.807) is 0 Å². The molecule has 0 bridgehead atoms. The van der Waals surface area contributed by atoms with Crippen molar-refractivity contribution in [2.24, 2.45) is 0 Å². The third-order valence-electron chi connectivity index (χ3n) is 3.25. The van der Waals surface area contributed by atoms with E-state index in [1.807, 2.05) is 0 Å². The highest BCUT2D eigenvalue weighted by Crippen LogP contribution is 2.36. The Morgan fingerprint density at radius 2 is 1.62 bits per heavy atom. The van der Waals surface area contributed by atoms with Gasteiger partial charge in [-0.1, -0.05) is 23.2 Å². The number of carbonyl (C=O) groups excluding carboxylic acids is 1. The van der Waals surface area contributed by atoms with Crippen LogP contribution in [0.25, 0.3) is 0 Å². The van der Waals surface area contributed by atoms with Gasteiger partial charge in [-0.3, -0.25) is 9.52 Å². The van der Waals surface area contributed by atoms with Crippen LogP contribution in [0.4, 0.5) is 11.4 Å². The van der Waals surface area contributed by atoms with E-state index in [1.165, 1.54) is 44.6 Å². The Labute approximate surface area is 161 Å². The normalized spacial score (nSPS) is 11.0. The maximum Gasteiger partial charge on any atom is 0.255 e. The topological polar surface area (TPSA) is 93.7 Å². The number of nitrogens with one attached hydrogen (secondary N) is 2. The minimum absolute atomic E-state index is 0.0868. The van der Waals surface area contributed by atoms with Crippen molar-refractivity contribution in [2.75, 3.05) is 30.5 Å². The van der Waals surface area contributed by atoms with E-state index in [0.29, 0.717) is 22.2 Å². The fourth-order valence-corrected chi connectivity index (χ4v) is 3.18. The summed E-state index contributed by atoms with van der Waals surface area (Å²) in [7, 11) is -0.588. The third kappa shape index (κ3) is 4.94. The number of rotatable bonds is 6. The molecular formula is C16H16Cl2N2O5S. The molecular weight excluding hydrogens is 403 g/mol. The van der Waals surface area contributed by atoms with Crippen molar-refractivity contribution in [2.45, 2.75) is 0 Å². The summed E-state index contributed by atoms with van der Waals surface area (Å²) >= 11 is 12.1. The average molecular weight is 419 g/mol. The van der Waals surface area contributed by atoms with Gasteiger partial charge in [-0.15, -0.1) is 0 Å². The minimum Gasteiger partial charge on any atom is -0.495 e. The largest absolute Gasteiger partial charge is 0.495 e. The van der Waals surface area contributed by atoms with Gasteiger partial charge in [0.15, 0.2) is 0 Å². The van der Waals surface area contributed by atoms with Crippen LogP contribution in [0.5, 0.6) is 11.5 Å². The van der Waals surface area contributed by atoms with Crippen molar-refractivity contribution in [3.05, 3.63) is 45.9 Å². The smallest absolute Gasteiger partial charge is 0.255 e. The number of amides is 1. The van der Waals surface area contributed by atoms with Crippen LogP contribution in [0, 0.1) is 0 Å². The van der Waals surface area contributed by atoms with Crippen molar-refractivity contribution in [1.29, 1.82) is 0 Å². The van der Waals surface area contributed by atoms with E-state index >= 15 is 0 Å². The zero-order chi connectivity index (χ0) is 19.5. The van der Waals surface area contributed by atoms with Crippen LogP contribution >= 0.6 is 23.2 Å². The zero-order valence-electron chi connectivity index (χ0n) is 14.1. The molecule has 0 aliphatic rings. The molecule has 140 valence electrons. The zero-order valence-corrected chi connectivity index (χ0v) is 16.4. The first-order valence-corrected chi connectivity index (χ1v) is 9.79. The summed E-state index contributed by atoms with van der Waals surface area (Å²) in [6.45, 7) is 0. The first-order chi connectivity index (χ1) is 12.1. The van der Waals surface area contributed by atoms with E-state index in [9.17, 15) is 13.2 Å². The molecule has 7 nitrogen and oxygen atoms in total. The summed E-state index contributed by atoms with van der Waals surface area (Å²) in [4.78, 5) is 12.5. The van der Waals surface area contributed by atoms with E-state index in [-0.39, 0.29) is 16.3 Å².